The van der Waals surface area contributed by atoms with Gasteiger partial charge in [0.1, 0.15) is 0 Å². The van der Waals surface area contributed by atoms with Gasteiger partial charge in [-0.15, -0.1) is 11.3 Å². The Kier molecular flexibility index (Phi) is 4.69. The second-order valence-electron chi connectivity index (χ2n) is 4.02. The number of nitrogens with one attached hydrogen (secondary N) is 1. The van der Waals surface area contributed by atoms with Gasteiger partial charge in [-0.25, -0.2) is 5.43 Å². The van der Waals surface area contributed by atoms with E-state index in [0.29, 0.717) is 4.88 Å². The molecule has 0 aliphatic heterocycles. The van der Waals surface area contributed by atoms with Crippen molar-refractivity contribution in [3.05, 3.63) is 50.2 Å². The van der Waals surface area contributed by atoms with Gasteiger partial charge in [0, 0.05) is 11.6 Å². The summed E-state index contributed by atoms with van der Waals surface area (Å²) in [5.74, 6) is -0.773. The van der Waals surface area contributed by atoms with Crippen LogP contribution in [0.25, 0.3) is 0 Å². The van der Waals surface area contributed by atoms with Crippen molar-refractivity contribution in [1.82, 2.24) is 5.43 Å². The number of rotatable bonds is 5. The van der Waals surface area contributed by atoms with Gasteiger partial charge in [-0.3, -0.25) is 14.9 Å². The van der Waals surface area contributed by atoms with Gasteiger partial charge in [0.15, 0.2) is 11.5 Å². The first-order valence-corrected chi connectivity index (χ1v) is 6.83. The van der Waals surface area contributed by atoms with E-state index in [1.54, 1.807) is 17.5 Å². The fraction of sp³-hybridized carbons (Fsp3) is 0.0769. The van der Waals surface area contributed by atoms with Gasteiger partial charge in [0.2, 0.25) is 0 Å². The molecule has 0 aliphatic rings. The SMILES string of the molecule is COc1cc([N+](=O)[O-])cc(/C=N\NC(=O)c2cccs2)c1O. The maximum absolute atomic E-state index is 11.7. The van der Waals surface area contributed by atoms with Crippen LogP contribution < -0.4 is 10.2 Å². The monoisotopic (exact) mass is 321 g/mol. The molecule has 0 bridgehead atoms. The summed E-state index contributed by atoms with van der Waals surface area (Å²) in [6.45, 7) is 0. The van der Waals surface area contributed by atoms with Crippen molar-refractivity contribution >= 4 is 29.1 Å². The number of nitro benzene ring substituents is 1. The molecule has 0 saturated carbocycles. The third kappa shape index (κ3) is 3.38. The van der Waals surface area contributed by atoms with Gasteiger partial charge in [0.05, 0.1) is 29.2 Å². The van der Waals surface area contributed by atoms with E-state index in [0.717, 1.165) is 18.3 Å². The highest BCUT2D eigenvalue weighted by Crippen LogP contribution is 2.33. The number of benzene rings is 1. The molecule has 2 rings (SSSR count). The van der Waals surface area contributed by atoms with E-state index < -0.39 is 10.8 Å². The van der Waals surface area contributed by atoms with Crippen LogP contribution in [0.15, 0.2) is 34.7 Å². The zero-order valence-corrected chi connectivity index (χ0v) is 12.2. The number of nitrogens with zero attached hydrogens (tertiary/aromatic N) is 2. The number of hydrazone groups is 1. The zero-order chi connectivity index (χ0) is 16.1. The minimum absolute atomic E-state index is 0.0533. The van der Waals surface area contributed by atoms with Crippen molar-refractivity contribution < 1.29 is 19.6 Å². The van der Waals surface area contributed by atoms with Gasteiger partial charge in [-0.1, -0.05) is 6.07 Å². The van der Waals surface area contributed by atoms with Crippen molar-refractivity contribution in [2.45, 2.75) is 0 Å². The molecule has 2 aromatic rings. The molecule has 0 fully saturated rings. The predicted octanol–water partition coefficient (Wildman–Crippen LogP) is 2.13. The number of aromatic hydroxyl groups is 1. The lowest BCUT2D eigenvalue weighted by molar-refractivity contribution is -0.385. The molecular formula is C13H11N3O5S. The van der Waals surface area contributed by atoms with E-state index in [2.05, 4.69) is 10.5 Å². The minimum atomic E-state index is -0.621. The summed E-state index contributed by atoms with van der Waals surface area (Å²) < 4.78 is 4.86. The lowest BCUT2D eigenvalue weighted by atomic mass is 10.2. The second kappa shape index (κ2) is 6.68. The van der Waals surface area contributed by atoms with E-state index in [-0.39, 0.29) is 22.7 Å². The number of carbonyl (C=O) groups excluding carboxylic acids is 1. The summed E-state index contributed by atoms with van der Waals surface area (Å²) in [5.41, 5.74) is 2.06. The average molecular weight is 321 g/mol. The van der Waals surface area contributed by atoms with E-state index in [9.17, 15) is 20.0 Å². The molecule has 1 aromatic heterocycles. The van der Waals surface area contributed by atoms with Gasteiger partial charge < -0.3 is 9.84 Å². The number of phenols is 1. The van der Waals surface area contributed by atoms with Crippen LogP contribution in [0.3, 0.4) is 0 Å². The van der Waals surface area contributed by atoms with Crippen LogP contribution in [-0.2, 0) is 0 Å². The molecule has 0 spiro atoms. The summed E-state index contributed by atoms with van der Waals surface area (Å²) >= 11 is 1.25. The lowest BCUT2D eigenvalue weighted by Gasteiger charge is -2.05. The minimum Gasteiger partial charge on any atom is -0.504 e. The van der Waals surface area contributed by atoms with Crippen LogP contribution in [-0.4, -0.2) is 29.3 Å². The van der Waals surface area contributed by atoms with Crippen molar-refractivity contribution in [3.8, 4) is 11.5 Å². The topological polar surface area (TPSA) is 114 Å². The summed E-state index contributed by atoms with van der Waals surface area (Å²) in [6, 6.07) is 5.57. The third-order valence-corrected chi connectivity index (χ3v) is 3.50. The van der Waals surface area contributed by atoms with Crippen LogP contribution in [0, 0.1) is 10.1 Å². The largest absolute Gasteiger partial charge is 0.504 e. The first-order valence-electron chi connectivity index (χ1n) is 5.95. The van der Waals surface area contributed by atoms with Crippen LogP contribution >= 0.6 is 11.3 Å². The van der Waals surface area contributed by atoms with Crippen LogP contribution in [0.5, 0.6) is 11.5 Å². The Balaban J connectivity index is 2.21. The van der Waals surface area contributed by atoms with Crippen LogP contribution in [0.2, 0.25) is 0 Å². The molecule has 0 atom stereocenters. The summed E-state index contributed by atoms with van der Waals surface area (Å²) in [7, 11) is 1.28. The summed E-state index contributed by atoms with van der Waals surface area (Å²) in [6.07, 6.45) is 1.11. The quantitative estimate of drug-likeness (QED) is 0.497. The Morgan fingerprint density at radius 2 is 2.32 bits per heavy atom. The number of nitro groups is 1. The maximum Gasteiger partial charge on any atom is 0.281 e. The molecule has 0 unspecified atom stereocenters. The molecule has 0 aliphatic carbocycles. The molecule has 114 valence electrons. The molecule has 2 N–H and O–H groups in total. The summed E-state index contributed by atoms with van der Waals surface area (Å²) in [4.78, 5) is 22.3. The highest BCUT2D eigenvalue weighted by atomic mass is 32.1. The van der Waals surface area contributed by atoms with Crippen molar-refractivity contribution in [3.63, 3.8) is 0 Å². The fourth-order valence-corrected chi connectivity index (χ4v) is 2.21. The van der Waals surface area contributed by atoms with Gasteiger partial charge in [-0.05, 0) is 11.4 Å². The Hall–Kier alpha value is -2.94. The Labute approximate surface area is 128 Å². The highest BCUT2D eigenvalue weighted by molar-refractivity contribution is 7.12. The molecule has 0 radical (unpaired) electrons. The molecule has 1 aromatic carbocycles. The number of non-ortho nitro benzene ring substituents is 1. The maximum atomic E-state index is 11.7. The smallest absolute Gasteiger partial charge is 0.281 e. The second-order valence-corrected chi connectivity index (χ2v) is 4.97. The number of hydrogen-bond donors (Lipinski definition) is 2. The van der Waals surface area contributed by atoms with Crippen molar-refractivity contribution in [2.24, 2.45) is 5.10 Å². The number of thiophene rings is 1. The Morgan fingerprint density at radius 1 is 1.55 bits per heavy atom. The van der Waals surface area contributed by atoms with Gasteiger partial charge >= 0.3 is 0 Å². The highest BCUT2D eigenvalue weighted by Gasteiger charge is 2.15. The van der Waals surface area contributed by atoms with E-state index >= 15 is 0 Å². The molecular weight excluding hydrogens is 310 g/mol. The van der Waals surface area contributed by atoms with E-state index in [1.807, 2.05) is 0 Å². The first-order chi connectivity index (χ1) is 10.5. The standard InChI is InChI=1S/C13H11N3O5S/c1-21-10-6-9(16(19)20)5-8(12(10)17)7-14-15-13(18)11-3-2-4-22-11/h2-7,17H,1H3,(H,15,18)/b14-7-. The third-order valence-electron chi connectivity index (χ3n) is 2.63. The Morgan fingerprint density at radius 3 is 2.91 bits per heavy atom. The lowest BCUT2D eigenvalue weighted by Crippen LogP contribution is -2.16. The molecule has 1 amide bonds. The predicted molar refractivity (Wildman–Crippen MR) is 80.7 cm³/mol. The number of carbonyl (C=O) groups is 1. The zero-order valence-electron chi connectivity index (χ0n) is 11.3. The normalized spacial score (nSPS) is 10.6. The van der Waals surface area contributed by atoms with Gasteiger partial charge in [0.25, 0.3) is 11.6 Å². The Bertz CT molecular complexity index is 728. The van der Waals surface area contributed by atoms with Crippen molar-refractivity contribution in [1.29, 1.82) is 0 Å². The molecule has 22 heavy (non-hydrogen) atoms. The molecule has 8 nitrogen and oxygen atoms in total. The van der Waals surface area contributed by atoms with E-state index in [4.69, 9.17) is 4.74 Å². The van der Waals surface area contributed by atoms with Crippen molar-refractivity contribution in [2.75, 3.05) is 7.11 Å². The number of hydrogen-bond acceptors (Lipinski definition) is 7. The summed E-state index contributed by atoms with van der Waals surface area (Å²) in [5, 5.41) is 26.1. The first kappa shape index (κ1) is 15.4. The van der Waals surface area contributed by atoms with Gasteiger partial charge in [-0.2, -0.15) is 5.10 Å². The van der Waals surface area contributed by atoms with Crippen LogP contribution in [0.4, 0.5) is 5.69 Å². The average Bonchev–Trinajstić information content (AvgIpc) is 3.03. The molecule has 1 heterocycles. The fourth-order valence-electron chi connectivity index (χ4n) is 1.60. The van der Waals surface area contributed by atoms with E-state index in [1.165, 1.54) is 18.4 Å². The number of phenolic OH excluding ortho intramolecular Hbond substituents is 1. The molecule has 0 saturated heterocycles. The van der Waals surface area contributed by atoms with Crippen LogP contribution in [0.1, 0.15) is 15.2 Å². The molecule has 9 heteroatoms. The number of amides is 1. The number of ether oxygens (including phenoxy) is 1. The number of methoxy groups -OCH3 is 1.